The van der Waals surface area contributed by atoms with E-state index in [-0.39, 0.29) is 41.6 Å². The fraction of sp³-hybridized carbons (Fsp3) is 0.744. The van der Waals surface area contributed by atoms with Crippen molar-refractivity contribution < 1.29 is 80.5 Å². The lowest BCUT2D eigenvalue weighted by atomic mass is 9.87. The fourth-order valence-corrected chi connectivity index (χ4v) is 10.2. The highest BCUT2D eigenvalue weighted by atomic mass is 32.2. The summed E-state index contributed by atoms with van der Waals surface area (Å²) in [7, 11) is -16.4. The van der Waals surface area contributed by atoms with Gasteiger partial charge in [-0.05, 0) is 18.9 Å². The quantitative estimate of drug-likeness (QED) is 0.0260. The molecule has 3 rings (SSSR count). The summed E-state index contributed by atoms with van der Waals surface area (Å²) in [5, 5.41) is 26.5. The van der Waals surface area contributed by atoms with E-state index in [9.17, 15) is 57.9 Å². The number of amides is 2. The number of anilines is 1. The summed E-state index contributed by atoms with van der Waals surface area (Å²) < 4.78 is 62.4. The van der Waals surface area contributed by atoms with Gasteiger partial charge in [0.15, 0.2) is 17.7 Å². The number of phosphoric ester groups is 3. The third-order valence-corrected chi connectivity index (χ3v) is 14.4. The first-order valence-electron chi connectivity index (χ1n) is 22.3. The van der Waals surface area contributed by atoms with Crippen molar-refractivity contribution in [2.24, 2.45) is 5.41 Å². The van der Waals surface area contributed by atoms with Crippen LogP contribution in [-0.4, -0.2) is 123 Å². The number of nitrogens with one attached hydrogen (secondary N) is 2. The summed E-state index contributed by atoms with van der Waals surface area (Å²) in [6.07, 6.45) is 14.0. The molecule has 0 bridgehead atoms. The third kappa shape index (κ3) is 21.9. The Morgan fingerprint density at radius 2 is 1.52 bits per heavy atom. The number of rotatable bonds is 34. The number of thioether (sulfide) groups is 1. The first-order valence-corrected chi connectivity index (χ1v) is 27.8. The van der Waals surface area contributed by atoms with Gasteiger partial charge >= 0.3 is 23.5 Å². The molecule has 3 heterocycles. The van der Waals surface area contributed by atoms with Crippen LogP contribution in [0.4, 0.5) is 5.82 Å². The van der Waals surface area contributed by atoms with Crippen molar-refractivity contribution in [1.29, 1.82) is 0 Å². The topological polar surface area (TPSA) is 364 Å². The van der Waals surface area contributed by atoms with Crippen molar-refractivity contribution in [1.82, 2.24) is 30.2 Å². The SMILES string of the molecule is CCCCCCCCCCCCCCCC=CC(=O)SCCNC(=O)CCNC(=O)[C@H](O)C(C)(C)COP(=O)(O)OP(=O)(O)OC[C@H]1O[C@@H](n2cnc3c(N)ncnc32)[C@H](O)[C@@H]1OP(=O)(O)O. The van der Waals surface area contributed by atoms with Crippen LogP contribution in [0.1, 0.15) is 123 Å². The number of carbonyl (C=O) groups is 3. The molecule has 0 aromatic carbocycles. The fourth-order valence-electron chi connectivity index (χ4n) is 6.79. The van der Waals surface area contributed by atoms with Gasteiger partial charge in [0.05, 0.1) is 19.5 Å². The van der Waals surface area contributed by atoms with Crippen molar-refractivity contribution >= 4 is 69.1 Å². The standard InChI is InChI=1S/C39H68N7O17P3S/c1-4-5-6-7-8-9-10-11-12-13-14-15-16-17-18-19-30(48)67-23-22-41-29(47)20-21-42-37(51)34(50)39(2,3)25-60-66(57,58)63-65(55,56)59-24-28-33(62-64(52,53)54)32(49)38(61-28)46-27-45-31-35(40)43-26-44-36(31)46/h18-19,26-28,32-34,38,49-50H,4-17,20-25H2,1-3H3,(H,41,47)(H,42,51)(H,55,56)(H,57,58)(H2,40,43,44)(H2,52,53,54)/t28-,32-,33-,34+,38-/m1/s1. The van der Waals surface area contributed by atoms with Crippen LogP contribution in [0.3, 0.4) is 0 Å². The van der Waals surface area contributed by atoms with E-state index in [0.29, 0.717) is 5.75 Å². The third-order valence-electron chi connectivity index (χ3n) is 10.5. The Hall–Kier alpha value is -2.70. The number of aliphatic hydroxyl groups is 2. The minimum absolute atomic E-state index is 0.0325. The summed E-state index contributed by atoms with van der Waals surface area (Å²) in [5.74, 6) is -1.09. The number of hydrogen-bond acceptors (Lipinski definition) is 18. The molecule has 7 atom stereocenters. The summed E-state index contributed by atoms with van der Waals surface area (Å²) in [5.41, 5.74) is 4.28. The van der Waals surface area contributed by atoms with E-state index >= 15 is 0 Å². The lowest BCUT2D eigenvalue weighted by molar-refractivity contribution is -0.137. The molecule has 0 radical (unpaired) electrons. The second-order valence-corrected chi connectivity index (χ2v) is 22.0. The molecule has 0 saturated carbocycles. The van der Waals surface area contributed by atoms with Crippen molar-refractivity contribution in [2.75, 3.05) is 37.8 Å². The number of aromatic nitrogens is 4. The smallest absolute Gasteiger partial charge is 0.386 e. The van der Waals surface area contributed by atoms with Crippen molar-refractivity contribution in [3.05, 3.63) is 24.8 Å². The number of nitrogens with zero attached hydrogens (tertiary/aromatic N) is 4. The Labute approximate surface area is 394 Å². The molecule has 2 aromatic heterocycles. The zero-order chi connectivity index (χ0) is 49.7. The summed E-state index contributed by atoms with van der Waals surface area (Å²) >= 11 is 1.07. The highest BCUT2D eigenvalue weighted by Gasteiger charge is 2.50. The molecule has 382 valence electrons. The number of unbranched alkanes of at least 4 members (excludes halogenated alkanes) is 13. The number of hydrogen-bond donors (Lipinski definition) is 9. The molecule has 28 heteroatoms. The van der Waals surface area contributed by atoms with Gasteiger partial charge in [-0.15, -0.1) is 0 Å². The molecular weight excluding hydrogens is 963 g/mol. The number of fused-ring (bicyclic) bond motifs is 1. The Balaban J connectivity index is 1.31. The number of nitrogen functional groups attached to an aromatic ring is 1. The average molecular weight is 1030 g/mol. The van der Waals surface area contributed by atoms with Crippen LogP contribution in [0.15, 0.2) is 24.8 Å². The number of aliphatic hydroxyl groups excluding tert-OH is 2. The van der Waals surface area contributed by atoms with Crippen molar-refractivity contribution in [3.63, 3.8) is 0 Å². The lowest BCUT2D eigenvalue weighted by Gasteiger charge is -2.30. The van der Waals surface area contributed by atoms with Crippen LogP contribution in [0, 0.1) is 5.41 Å². The van der Waals surface area contributed by atoms with Crippen LogP contribution in [0.2, 0.25) is 0 Å². The minimum Gasteiger partial charge on any atom is -0.386 e. The maximum atomic E-state index is 12.7. The molecule has 0 aliphatic carbocycles. The van der Waals surface area contributed by atoms with Gasteiger partial charge < -0.3 is 50.9 Å². The molecule has 24 nitrogen and oxygen atoms in total. The Morgan fingerprint density at radius 1 is 0.910 bits per heavy atom. The number of nitrogens with two attached hydrogens (primary N) is 1. The van der Waals surface area contributed by atoms with Gasteiger partial charge in [0.25, 0.3) is 0 Å². The molecule has 0 spiro atoms. The average Bonchev–Trinajstić information content (AvgIpc) is 3.81. The van der Waals surface area contributed by atoms with Crippen molar-refractivity contribution in [2.45, 2.75) is 148 Å². The Morgan fingerprint density at radius 3 is 2.15 bits per heavy atom. The van der Waals surface area contributed by atoms with E-state index in [1.54, 1.807) is 6.08 Å². The van der Waals surface area contributed by atoms with Gasteiger partial charge in [0, 0.05) is 30.7 Å². The molecular formula is C39H68N7O17P3S. The van der Waals surface area contributed by atoms with Crippen molar-refractivity contribution in [3.8, 4) is 0 Å². The van der Waals surface area contributed by atoms with Gasteiger partial charge in [0.1, 0.15) is 36.3 Å². The van der Waals surface area contributed by atoms with E-state index in [4.69, 9.17) is 19.5 Å². The molecule has 2 unspecified atom stereocenters. The van der Waals surface area contributed by atoms with E-state index < -0.39 is 84.6 Å². The van der Waals surface area contributed by atoms with Gasteiger partial charge in [-0.3, -0.25) is 32.5 Å². The second-order valence-electron chi connectivity index (χ2n) is 16.7. The monoisotopic (exact) mass is 1030 g/mol. The largest absolute Gasteiger partial charge is 0.481 e. The molecule has 1 saturated heterocycles. The molecule has 1 aliphatic heterocycles. The summed E-state index contributed by atoms with van der Waals surface area (Å²) in [6.45, 7) is 2.76. The number of imidazole rings is 1. The summed E-state index contributed by atoms with van der Waals surface area (Å²) in [4.78, 5) is 88.2. The maximum Gasteiger partial charge on any atom is 0.481 e. The number of ether oxygens (including phenoxy) is 1. The zero-order valence-corrected chi connectivity index (χ0v) is 41.6. The second kappa shape index (κ2) is 28.8. The maximum absolute atomic E-state index is 12.7. The molecule has 1 fully saturated rings. The van der Waals surface area contributed by atoms with Crippen LogP contribution in [0.25, 0.3) is 11.2 Å². The van der Waals surface area contributed by atoms with Gasteiger partial charge in [-0.25, -0.2) is 28.6 Å². The molecule has 2 amide bonds. The zero-order valence-electron chi connectivity index (χ0n) is 38.1. The van der Waals surface area contributed by atoms with Crippen LogP contribution in [-0.2, 0) is 50.7 Å². The normalized spacial score (nSPS) is 20.2. The predicted octanol–water partition coefficient (Wildman–Crippen LogP) is 4.70. The number of phosphoric acid groups is 3. The predicted molar refractivity (Wildman–Crippen MR) is 247 cm³/mol. The number of allylic oxidation sites excluding steroid dienone is 1. The van der Waals surface area contributed by atoms with E-state index in [1.165, 1.54) is 84.5 Å². The summed E-state index contributed by atoms with van der Waals surface area (Å²) in [6, 6.07) is 0. The van der Waals surface area contributed by atoms with Crippen LogP contribution >= 0.6 is 35.2 Å². The van der Waals surface area contributed by atoms with Crippen LogP contribution in [0.5, 0.6) is 0 Å². The van der Waals surface area contributed by atoms with Gasteiger partial charge in [0.2, 0.25) is 16.9 Å². The van der Waals surface area contributed by atoms with Crippen LogP contribution < -0.4 is 16.4 Å². The van der Waals surface area contributed by atoms with Gasteiger partial charge in [-0.2, -0.15) is 4.31 Å². The highest BCUT2D eigenvalue weighted by Crippen LogP contribution is 2.61. The molecule has 2 aromatic rings. The molecule has 10 N–H and O–H groups in total. The number of carbonyl (C=O) groups excluding carboxylic acids is 3. The van der Waals surface area contributed by atoms with E-state index in [1.807, 2.05) is 6.08 Å². The first-order chi connectivity index (χ1) is 31.6. The molecule has 1 aliphatic rings. The van der Waals surface area contributed by atoms with E-state index in [2.05, 4.69) is 41.3 Å². The lowest BCUT2D eigenvalue weighted by Crippen LogP contribution is -2.46. The van der Waals surface area contributed by atoms with E-state index in [0.717, 1.165) is 48.2 Å². The van der Waals surface area contributed by atoms with Gasteiger partial charge in [-0.1, -0.05) is 116 Å². The Kier molecular flexibility index (Phi) is 25.2. The Bertz CT molecular complexity index is 2040. The minimum atomic E-state index is -5.58. The molecule has 67 heavy (non-hydrogen) atoms. The first kappa shape index (κ1) is 58.6. The highest BCUT2D eigenvalue weighted by molar-refractivity contribution is 8.14.